The molecule has 8 heteroatoms. The SMILES string of the molecule is CC1C(NC(=O)c2ccc(Sc3cc(C(F)(F)F)cs3)cc2)C2CCN1CC2. The summed E-state index contributed by atoms with van der Waals surface area (Å²) in [4.78, 5) is 15.9. The Morgan fingerprint density at radius 2 is 1.89 bits per heavy atom. The highest BCUT2D eigenvalue weighted by molar-refractivity contribution is 8.01. The molecule has 0 saturated carbocycles. The fourth-order valence-electron chi connectivity index (χ4n) is 4.09. The number of piperidine rings is 3. The van der Waals surface area contributed by atoms with Gasteiger partial charge in [0.1, 0.15) is 0 Å². The van der Waals surface area contributed by atoms with E-state index in [0.29, 0.717) is 21.7 Å². The number of rotatable bonds is 4. The van der Waals surface area contributed by atoms with Crippen molar-refractivity contribution >= 4 is 29.0 Å². The van der Waals surface area contributed by atoms with Gasteiger partial charge in [-0.15, -0.1) is 11.3 Å². The van der Waals surface area contributed by atoms with Crippen LogP contribution in [0.3, 0.4) is 0 Å². The number of nitrogens with one attached hydrogen (secondary N) is 1. The molecular formula is C20H21F3N2OS2. The fraction of sp³-hybridized carbons (Fsp3) is 0.450. The van der Waals surface area contributed by atoms with Gasteiger partial charge < -0.3 is 5.32 Å². The number of halogens is 3. The maximum atomic E-state index is 12.7. The van der Waals surface area contributed by atoms with Gasteiger partial charge in [-0.25, -0.2) is 0 Å². The predicted octanol–water partition coefficient (Wildman–Crippen LogP) is 5.13. The summed E-state index contributed by atoms with van der Waals surface area (Å²) in [5, 5.41) is 4.32. The number of hydrogen-bond donors (Lipinski definition) is 1. The largest absolute Gasteiger partial charge is 0.417 e. The van der Waals surface area contributed by atoms with Crippen molar-refractivity contribution in [2.24, 2.45) is 5.92 Å². The molecule has 150 valence electrons. The Kier molecular flexibility index (Phi) is 5.46. The first-order chi connectivity index (χ1) is 13.3. The van der Waals surface area contributed by atoms with E-state index in [1.54, 1.807) is 24.3 Å². The zero-order valence-electron chi connectivity index (χ0n) is 15.3. The molecule has 0 spiro atoms. The molecule has 28 heavy (non-hydrogen) atoms. The second-order valence-electron chi connectivity index (χ2n) is 7.39. The molecule has 1 N–H and O–H groups in total. The molecule has 0 aliphatic carbocycles. The zero-order valence-corrected chi connectivity index (χ0v) is 17.0. The van der Waals surface area contributed by atoms with Crippen molar-refractivity contribution in [1.82, 2.24) is 10.2 Å². The maximum absolute atomic E-state index is 12.7. The average molecular weight is 427 g/mol. The van der Waals surface area contributed by atoms with E-state index in [0.717, 1.165) is 53.6 Å². The lowest BCUT2D eigenvalue weighted by Gasteiger charge is -2.49. The molecule has 1 aromatic carbocycles. The summed E-state index contributed by atoms with van der Waals surface area (Å²) in [7, 11) is 0. The van der Waals surface area contributed by atoms with Crippen LogP contribution in [0.25, 0.3) is 0 Å². The first kappa shape index (κ1) is 19.8. The number of amides is 1. The first-order valence-corrected chi connectivity index (χ1v) is 11.0. The van der Waals surface area contributed by atoms with Gasteiger partial charge in [0.25, 0.3) is 5.91 Å². The van der Waals surface area contributed by atoms with Crippen LogP contribution in [0, 0.1) is 5.92 Å². The van der Waals surface area contributed by atoms with Crippen molar-refractivity contribution in [2.75, 3.05) is 13.1 Å². The summed E-state index contributed by atoms with van der Waals surface area (Å²) in [6.07, 6.45) is -2.05. The molecule has 1 aromatic heterocycles. The van der Waals surface area contributed by atoms with Crippen LogP contribution in [0.15, 0.2) is 44.8 Å². The summed E-state index contributed by atoms with van der Waals surface area (Å²) in [6.45, 7) is 4.40. The van der Waals surface area contributed by atoms with Gasteiger partial charge in [-0.05, 0) is 69.1 Å². The molecule has 2 unspecified atom stereocenters. The minimum atomic E-state index is -4.32. The quantitative estimate of drug-likeness (QED) is 0.736. The molecule has 1 amide bonds. The van der Waals surface area contributed by atoms with E-state index in [1.807, 2.05) is 0 Å². The molecule has 3 nitrogen and oxygen atoms in total. The Morgan fingerprint density at radius 3 is 2.46 bits per heavy atom. The number of nitrogens with zero attached hydrogens (tertiary/aromatic N) is 1. The van der Waals surface area contributed by atoms with Crippen LogP contribution in [0.4, 0.5) is 13.2 Å². The van der Waals surface area contributed by atoms with Gasteiger partial charge >= 0.3 is 6.18 Å². The van der Waals surface area contributed by atoms with Crippen LogP contribution in [0.2, 0.25) is 0 Å². The van der Waals surface area contributed by atoms with Crippen LogP contribution < -0.4 is 5.32 Å². The summed E-state index contributed by atoms with van der Waals surface area (Å²) < 4.78 is 38.7. The second kappa shape index (κ2) is 7.72. The third-order valence-corrected chi connectivity index (χ3v) is 7.80. The van der Waals surface area contributed by atoms with Gasteiger partial charge in [-0.1, -0.05) is 11.8 Å². The Bertz CT molecular complexity index is 840. The minimum absolute atomic E-state index is 0.0855. The number of carbonyl (C=O) groups excluding carboxylic acids is 1. The van der Waals surface area contributed by atoms with Crippen molar-refractivity contribution in [3.8, 4) is 0 Å². The van der Waals surface area contributed by atoms with Crippen molar-refractivity contribution < 1.29 is 18.0 Å². The molecule has 2 bridgehead atoms. The lowest BCUT2D eigenvalue weighted by molar-refractivity contribution is -0.137. The first-order valence-electron chi connectivity index (χ1n) is 9.30. The molecule has 3 aliphatic rings. The van der Waals surface area contributed by atoms with Crippen LogP contribution in [-0.4, -0.2) is 36.0 Å². The molecule has 3 fully saturated rings. The minimum Gasteiger partial charge on any atom is -0.347 e. The highest BCUT2D eigenvalue weighted by atomic mass is 32.2. The van der Waals surface area contributed by atoms with Crippen LogP contribution in [-0.2, 0) is 6.18 Å². The monoisotopic (exact) mass is 426 g/mol. The lowest BCUT2D eigenvalue weighted by Crippen LogP contribution is -2.62. The normalized spacial score (nSPS) is 27.0. The van der Waals surface area contributed by atoms with Crippen molar-refractivity contribution in [3.63, 3.8) is 0 Å². The Labute approximate surface area is 170 Å². The number of fused-ring (bicyclic) bond motifs is 3. The van der Waals surface area contributed by atoms with Crippen LogP contribution in [0.5, 0.6) is 0 Å². The summed E-state index contributed by atoms with van der Waals surface area (Å²) >= 11 is 2.34. The molecule has 0 radical (unpaired) electrons. The molecular weight excluding hydrogens is 405 g/mol. The standard InChI is InChI=1S/C20H21F3N2OS2/c1-12-18(13-6-8-25(12)9-7-13)24-19(26)14-2-4-16(5-3-14)28-17-10-15(11-27-17)20(21,22)23/h2-5,10-13,18H,6-9H2,1H3,(H,24,26). The van der Waals surface area contributed by atoms with Crippen LogP contribution >= 0.6 is 23.1 Å². The molecule has 3 saturated heterocycles. The van der Waals surface area contributed by atoms with Gasteiger partial charge in [0, 0.05) is 27.9 Å². The van der Waals surface area contributed by atoms with Gasteiger partial charge in [0.15, 0.2) is 0 Å². The highest BCUT2D eigenvalue weighted by Gasteiger charge is 2.40. The predicted molar refractivity (Wildman–Crippen MR) is 105 cm³/mol. The average Bonchev–Trinajstić information content (AvgIpc) is 3.14. The van der Waals surface area contributed by atoms with E-state index in [4.69, 9.17) is 0 Å². The molecule has 4 heterocycles. The third-order valence-electron chi connectivity index (χ3n) is 5.71. The number of carbonyl (C=O) groups is 1. The van der Waals surface area contributed by atoms with Crippen molar-refractivity contribution in [3.05, 3.63) is 46.8 Å². The van der Waals surface area contributed by atoms with Crippen molar-refractivity contribution in [2.45, 2.75) is 47.1 Å². The van der Waals surface area contributed by atoms with E-state index in [-0.39, 0.29) is 11.9 Å². The molecule has 5 rings (SSSR count). The lowest BCUT2D eigenvalue weighted by atomic mass is 9.79. The second-order valence-corrected chi connectivity index (χ2v) is 9.68. The number of thiophene rings is 1. The van der Waals surface area contributed by atoms with Gasteiger partial charge in [0.2, 0.25) is 0 Å². The third kappa shape index (κ3) is 4.09. The molecule has 2 aromatic rings. The van der Waals surface area contributed by atoms with E-state index < -0.39 is 11.7 Å². The number of benzene rings is 1. The van der Waals surface area contributed by atoms with Gasteiger partial charge in [0.05, 0.1) is 9.77 Å². The molecule has 2 atom stereocenters. The highest BCUT2D eigenvalue weighted by Crippen LogP contribution is 2.39. The smallest absolute Gasteiger partial charge is 0.347 e. The Balaban J connectivity index is 1.39. The fourth-order valence-corrected chi connectivity index (χ4v) is 6.04. The van der Waals surface area contributed by atoms with Crippen LogP contribution in [0.1, 0.15) is 35.7 Å². The van der Waals surface area contributed by atoms with E-state index in [1.165, 1.54) is 11.8 Å². The summed E-state index contributed by atoms with van der Waals surface area (Å²) in [6, 6.07) is 8.73. The number of hydrogen-bond acceptors (Lipinski definition) is 4. The maximum Gasteiger partial charge on any atom is 0.417 e. The van der Waals surface area contributed by atoms with E-state index >= 15 is 0 Å². The van der Waals surface area contributed by atoms with Gasteiger partial charge in [-0.2, -0.15) is 13.2 Å². The zero-order chi connectivity index (χ0) is 19.9. The van der Waals surface area contributed by atoms with E-state index in [9.17, 15) is 18.0 Å². The number of alkyl halides is 3. The Hall–Kier alpha value is -1.51. The summed E-state index contributed by atoms with van der Waals surface area (Å²) in [5.74, 6) is 0.457. The van der Waals surface area contributed by atoms with Crippen molar-refractivity contribution in [1.29, 1.82) is 0 Å². The molecule has 3 aliphatic heterocycles. The topological polar surface area (TPSA) is 32.3 Å². The summed E-state index contributed by atoms with van der Waals surface area (Å²) in [5.41, 5.74) is -0.0437. The Morgan fingerprint density at radius 1 is 1.21 bits per heavy atom. The van der Waals surface area contributed by atoms with Gasteiger partial charge in [-0.3, -0.25) is 9.69 Å². The van der Waals surface area contributed by atoms with E-state index in [2.05, 4.69) is 17.1 Å².